The highest BCUT2D eigenvalue weighted by Gasteiger charge is 2.26. The molecule has 0 spiro atoms. The molecule has 1 heterocycles. The molecule has 3 N–H and O–H groups in total. The van der Waals surface area contributed by atoms with Crippen molar-refractivity contribution in [1.29, 1.82) is 0 Å². The van der Waals surface area contributed by atoms with E-state index in [0.29, 0.717) is 24.1 Å². The Morgan fingerprint density at radius 2 is 2.24 bits per heavy atom. The highest BCUT2D eigenvalue weighted by molar-refractivity contribution is 5.84. The highest BCUT2D eigenvalue weighted by Crippen LogP contribution is 2.31. The van der Waals surface area contributed by atoms with Gasteiger partial charge in [0.25, 0.3) is 11.7 Å². The van der Waals surface area contributed by atoms with Crippen molar-refractivity contribution < 1.29 is 9.34 Å². The summed E-state index contributed by atoms with van der Waals surface area (Å²) in [5, 5.41) is 14.2. The van der Waals surface area contributed by atoms with Gasteiger partial charge in [0, 0.05) is 18.7 Å². The summed E-state index contributed by atoms with van der Waals surface area (Å²) in [5.74, 6) is 0.514. The quantitative estimate of drug-likeness (QED) is 0.647. The van der Waals surface area contributed by atoms with Crippen molar-refractivity contribution in [2.75, 3.05) is 11.9 Å². The second kappa shape index (κ2) is 5.69. The zero-order valence-corrected chi connectivity index (χ0v) is 11.6. The van der Waals surface area contributed by atoms with E-state index >= 15 is 0 Å². The Hall–Kier alpha value is -2.15. The van der Waals surface area contributed by atoms with Gasteiger partial charge in [0.05, 0.1) is 4.92 Å². The minimum absolute atomic E-state index is 0.0468. The molecule has 1 unspecified atom stereocenters. The molecule has 1 aliphatic carbocycles. The number of aromatic nitrogens is 1. The van der Waals surface area contributed by atoms with Crippen molar-refractivity contribution in [2.24, 2.45) is 11.7 Å². The second-order valence-electron chi connectivity index (χ2n) is 5.43. The fraction of sp³-hybridized carbons (Fsp3) is 0.500. The molecule has 0 bridgehead atoms. The average Bonchev–Trinajstić information content (AvgIpc) is 3.12. The highest BCUT2D eigenvalue weighted by atomic mass is 16.6. The van der Waals surface area contributed by atoms with E-state index in [-0.39, 0.29) is 17.2 Å². The number of rotatable bonds is 5. The van der Waals surface area contributed by atoms with Gasteiger partial charge in [0.2, 0.25) is 0 Å². The van der Waals surface area contributed by atoms with E-state index in [1.165, 1.54) is 18.9 Å². The van der Waals surface area contributed by atoms with Gasteiger partial charge in [-0.2, -0.15) is 4.98 Å². The number of nitro benzene ring substituents is 1. The lowest BCUT2D eigenvalue weighted by atomic mass is 9.98. The van der Waals surface area contributed by atoms with Crippen LogP contribution >= 0.6 is 0 Å². The summed E-state index contributed by atoms with van der Waals surface area (Å²) in [6.45, 7) is 0.492. The number of nitrogens with one attached hydrogen (secondary N) is 1. The fourth-order valence-electron chi connectivity index (χ4n) is 3.03. The van der Waals surface area contributed by atoms with Gasteiger partial charge >= 0.3 is 0 Å². The molecule has 0 saturated heterocycles. The summed E-state index contributed by atoms with van der Waals surface area (Å²) in [7, 11) is 0. The third-order valence-corrected chi connectivity index (χ3v) is 4.13. The molecule has 7 nitrogen and oxygen atoms in total. The Kier molecular flexibility index (Phi) is 3.74. The maximum Gasteiger partial charge on any atom is 0.298 e. The molecular formula is C14H18N4O3. The Morgan fingerprint density at radius 1 is 1.48 bits per heavy atom. The summed E-state index contributed by atoms with van der Waals surface area (Å²) in [6, 6.07) is 5.09. The molecule has 3 rings (SSSR count). The number of nitro groups is 1. The fourth-order valence-corrected chi connectivity index (χ4v) is 3.03. The Labute approximate surface area is 121 Å². The zero-order valence-electron chi connectivity index (χ0n) is 11.6. The number of hydrogen-bond acceptors (Lipinski definition) is 6. The van der Waals surface area contributed by atoms with Crippen LogP contribution in [0.3, 0.4) is 0 Å². The van der Waals surface area contributed by atoms with Crippen LogP contribution in [0, 0.1) is 16.0 Å². The normalized spacial score (nSPS) is 17.2. The molecule has 21 heavy (non-hydrogen) atoms. The molecule has 7 heteroatoms. The van der Waals surface area contributed by atoms with Crippen LogP contribution in [-0.4, -0.2) is 22.5 Å². The number of benzene rings is 1. The molecule has 1 aromatic heterocycles. The first-order valence-electron chi connectivity index (χ1n) is 7.19. The van der Waals surface area contributed by atoms with Crippen molar-refractivity contribution in [2.45, 2.75) is 31.7 Å². The van der Waals surface area contributed by atoms with Gasteiger partial charge in [-0.3, -0.25) is 10.1 Å². The van der Waals surface area contributed by atoms with Crippen LogP contribution in [0.1, 0.15) is 25.7 Å². The standard InChI is InChI=1S/C14H18N4O3/c15-8-10(9-4-1-2-5-9)16-14-17-13-11(18(19)20)6-3-7-12(13)21-14/h3,6-7,9-10H,1-2,4-5,8,15H2,(H,16,17). The molecule has 1 aliphatic rings. The first kappa shape index (κ1) is 13.8. The van der Waals surface area contributed by atoms with Crippen molar-refractivity contribution >= 4 is 22.8 Å². The predicted octanol–water partition coefficient (Wildman–Crippen LogP) is 2.67. The number of non-ortho nitro benzene ring substituents is 1. The molecule has 1 atom stereocenters. The second-order valence-corrected chi connectivity index (χ2v) is 5.43. The Bertz CT molecular complexity index is 649. The molecule has 1 fully saturated rings. The van der Waals surface area contributed by atoms with Crippen molar-refractivity contribution in [1.82, 2.24) is 4.98 Å². The third-order valence-electron chi connectivity index (χ3n) is 4.13. The molecular weight excluding hydrogens is 272 g/mol. The molecule has 1 saturated carbocycles. The lowest BCUT2D eigenvalue weighted by Gasteiger charge is -2.21. The van der Waals surface area contributed by atoms with Crippen LogP contribution in [0.4, 0.5) is 11.7 Å². The van der Waals surface area contributed by atoms with Crippen LogP contribution in [0.5, 0.6) is 0 Å². The summed E-state index contributed by atoms with van der Waals surface area (Å²) < 4.78 is 5.57. The molecule has 0 aliphatic heterocycles. The van der Waals surface area contributed by atoms with E-state index in [2.05, 4.69) is 10.3 Å². The van der Waals surface area contributed by atoms with E-state index in [1.807, 2.05) is 0 Å². The molecule has 1 aromatic carbocycles. The van der Waals surface area contributed by atoms with E-state index in [9.17, 15) is 10.1 Å². The number of anilines is 1. The van der Waals surface area contributed by atoms with E-state index < -0.39 is 4.92 Å². The number of oxazole rings is 1. The zero-order chi connectivity index (χ0) is 14.8. The van der Waals surface area contributed by atoms with Crippen LogP contribution in [0.2, 0.25) is 0 Å². The first-order chi connectivity index (χ1) is 10.2. The first-order valence-corrected chi connectivity index (χ1v) is 7.19. The smallest absolute Gasteiger partial charge is 0.298 e. The number of hydrogen-bond donors (Lipinski definition) is 2. The molecule has 112 valence electrons. The van der Waals surface area contributed by atoms with Crippen molar-refractivity contribution in [3.63, 3.8) is 0 Å². The molecule has 0 radical (unpaired) electrons. The van der Waals surface area contributed by atoms with Gasteiger partial charge in [-0.15, -0.1) is 0 Å². The molecule has 2 aromatic rings. The topological polar surface area (TPSA) is 107 Å². The van der Waals surface area contributed by atoms with E-state index in [1.54, 1.807) is 12.1 Å². The van der Waals surface area contributed by atoms with Crippen molar-refractivity contribution in [3.8, 4) is 0 Å². The maximum atomic E-state index is 11.0. The van der Waals surface area contributed by atoms with Gasteiger partial charge < -0.3 is 15.5 Å². The minimum Gasteiger partial charge on any atom is -0.423 e. The van der Waals surface area contributed by atoms with E-state index in [4.69, 9.17) is 10.2 Å². The summed E-state index contributed by atoms with van der Waals surface area (Å²) in [4.78, 5) is 14.8. The number of nitrogens with two attached hydrogens (primary N) is 1. The Morgan fingerprint density at radius 3 is 2.90 bits per heavy atom. The lowest BCUT2D eigenvalue weighted by Crippen LogP contribution is -2.35. The predicted molar refractivity (Wildman–Crippen MR) is 79.1 cm³/mol. The van der Waals surface area contributed by atoms with Crippen LogP contribution < -0.4 is 11.1 Å². The van der Waals surface area contributed by atoms with Crippen LogP contribution in [0.25, 0.3) is 11.1 Å². The van der Waals surface area contributed by atoms with Crippen LogP contribution in [0.15, 0.2) is 22.6 Å². The number of fused-ring (bicyclic) bond motifs is 1. The maximum absolute atomic E-state index is 11.0. The lowest BCUT2D eigenvalue weighted by molar-refractivity contribution is -0.383. The summed E-state index contributed by atoms with van der Waals surface area (Å²) in [6.07, 6.45) is 4.74. The summed E-state index contributed by atoms with van der Waals surface area (Å²) in [5.41, 5.74) is 6.47. The number of para-hydroxylation sites is 1. The van der Waals surface area contributed by atoms with Crippen LogP contribution in [-0.2, 0) is 0 Å². The van der Waals surface area contributed by atoms with Gasteiger partial charge in [0.15, 0.2) is 11.1 Å². The Balaban J connectivity index is 1.86. The third kappa shape index (κ3) is 2.69. The monoisotopic (exact) mass is 290 g/mol. The SMILES string of the molecule is NCC(Nc1nc2c([N+](=O)[O-])cccc2o1)C1CCCC1. The summed E-state index contributed by atoms with van der Waals surface area (Å²) >= 11 is 0. The minimum atomic E-state index is -0.452. The van der Waals surface area contributed by atoms with Gasteiger partial charge in [0.1, 0.15) is 0 Å². The van der Waals surface area contributed by atoms with Gasteiger partial charge in [-0.25, -0.2) is 0 Å². The number of nitrogens with zero attached hydrogens (tertiary/aromatic N) is 2. The van der Waals surface area contributed by atoms with E-state index in [0.717, 1.165) is 12.8 Å². The molecule has 0 amide bonds. The van der Waals surface area contributed by atoms with Gasteiger partial charge in [-0.05, 0) is 24.8 Å². The van der Waals surface area contributed by atoms with Gasteiger partial charge in [-0.1, -0.05) is 18.9 Å². The largest absolute Gasteiger partial charge is 0.423 e. The van der Waals surface area contributed by atoms with Crippen molar-refractivity contribution in [3.05, 3.63) is 28.3 Å². The average molecular weight is 290 g/mol.